The Morgan fingerprint density at radius 1 is 1.29 bits per heavy atom. The molecule has 1 atom stereocenters. The van der Waals surface area contributed by atoms with Crippen molar-refractivity contribution >= 4 is 22.8 Å². The van der Waals surface area contributed by atoms with E-state index in [0.717, 1.165) is 6.07 Å². The summed E-state index contributed by atoms with van der Waals surface area (Å²) < 4.78 is 0. The van der Waals surface area contributed by atoms with Gasteiger partial charge in [-0.1, -0.05) is 12.1 Å². The number of hydrogen-bond donors (Lipinski definition) is 4. The van der Waals surface area contributed by atoms with Crippen LogP contribution in [-0.2, 0) is 4.79 Å². The van der Waals surface area contributed by atoms with Crippen LogP contribution >= 0.6 is 0 Å². The van der Waals surface area contributed by atoms with Crippen LogP contribution < -0.4 is 10.7 Å². The molecule has 1 aromatic carbocycles. The lowest BCUT2D eigenvalue weighted by Crippen LogP contribution is -2.41. The number of aromatic amines is 1. The van der Waals surface area contributed by atoms with Gasteiger partial charge in [-0.15, -0.1) is 0 Å². The lowest BCUT2D eigenvalue weighted by atomic mass is 10.1. The molecule has 1 heterocycles. The summed E-state index contributed by atoms with van der Waals surface area (Å²) in [5.74, 6) is -1.96. The Kier molecular flexibility index (Phi) is 4.34. The molecular formula is C14H14N2O5. The number of fused-ring (bicyclic) bond motifs is 1. The fraction of sp³-hybridized carbons (Fsp3) is 0.214. The molecule has 4 N–H and O–H groups in total. The first kappa shape index (κ1) is 14.7. The number of aliphatic hydroxyl groups excluding tert-OH is 1. The van der Waals surface area contributed by atoms with E-state index in [2.05, 4.69) is 10.3 Å². The highest BCUT2D eigenvalue weighted by molar-refractivity contribution is 5.96. The van der Waals surface area contributed by atoms with E-state index < -0.39 is 17.9 Å². The van der Waals surface area contributed by atoms with Crippen molar-refractivity contribution in [2.45, 2.75) is 12.5 Å². The van der Waals surface area contributed by atoms with Gasteiger partial charge in [0.15, 0.2) is 5.43 Å². The number of carbonyl (C=O) groups is 2. The van der Waals surface area contributed by atoms with E-state index in [1.165, 1.54) is 0 Å². The lowest BCUT2D eigenvalue weighted by molar-refractivity contribution is -0.139. The molecule has 0 fully saturated rings. The smallest absolute Gasteiger partial charge is 0.326 e. The highest BCUT2D eigenvalue weighted by Crippen LogP contribution is 2.07. The normalized spacial score (nSPS) is 12.0. The Balaban J connectivity index is 2.31. The third-order valence-electron chi connectivity index (χ3n) is 3.00. The summed E-state index contributed by atoms with van der Waals surface area (Å²) in [7, 11) is 0. The third-order valence-corrected chi connectivity index (χ3v) is 3.00. The number of hydrogen-bond acceptors (Lipinski definition) is 4. The molecule has 1 amide bonds. The summed E-state index contributed by atoms with van der Waals surface area (Å²) in [5, 5.41) is 20.4. The molecule has 110 valence electrons. The van der Waals surface area contributed by atoms with Crippen LogP contribution in [0.4, 0.5) is 0 Å². The van der Waals surface area contributed by atoms with Crippen LogP contribution in [0.25, 0.3) is 10.9 Å². The summed E-state index contributed by atoms with van der Waals surface area (Å²) >= 11 is 0. The first-order valence-corrected chi connectivity index (χ1v) is 6.29. The zero-order valence-corrected chi connectivity index (χ0v) is 11.0. The summed E-state index contributed by atoms with van der Waals surface area (Å²) in [6.07, 6.45) is -0.112. The lowest BCUT2D eigenvalue weighted by Gasteiger charge is -2.13. The number of nitrogens with one attached hydrogen (secondary N) is 2. The Labute approximate surface area is 119 Å². The SMILES string of the molecule is O=C(N[C@@H](CCO)C(=O)O)c1cc(=O)c2ccccc2[nH]1. The van der Waals surface area contributed by atoms with Gasteiger partial charge in [0.1, 0.15) is 11.7 Å². The van der Waals surface area contributed by atoms with Gasteiger partial charge >= 0.3 is 5.97 Å². The van der Waals surface area contributed by atoms with Gasteiger partial charge in [-0.3, -0.25) is 9.59 Å². The molecule has 1 aromatic heterocycles. The van der Waals surface area contributed by atoms with Crippen molar-refractivity contribution in [1.29, 1.82) is 0 Å². The van der Waals surface area contributed by atoms with Crippen LogP contribution in [0.5, 0.6) is 0 Å². The number of para-hydroxylation sites is 1. The van der Waals surface area contributed by atoms with E-state index in [0.29, 0.717) is 10.9 Å². The number of carboxylic acid groups (broad SMARTS) is 1. The largest absolute Gasteiger partial charge is 0.480 e. The zero-order valence-electron chi connectivity index (χ0n) is 11.0. The van der Waals surface area contributed by atoms with Crippen molar-refractivity contribution < 1.29 is 19.8 Å². The Morgan fingerprint density at radius 2 is 2.00 bits per heavy atom. The first-order valence-electron chi connectivity index (χ1n) is 6.29. The Bertz CT molecular complexity index is 737. The van der Waals surface area contributed by atoms with Crippen LogP contribution in [0.2, 0.25) is 0 Å². The highest BCUT2D eigenvalue weighted by Gasteiger charge is 2.20. The third kappa shape index (κ3) is 3.26. The number of aromatic nitrogens is 1. The molecule has 0 radical (unpaired) electrons. The number of amides is 1. The topological polar surface area (TPSA) is 119 Å². The van der Waals surface area contributed by atoms with Crippen molar-refractivity contribution in [3.8, 4) is 0 Å². The second kappa shape index (κ2) is 6.19. The van der Waals surface area contributed by atoms with E-state index in [1.54, 1.807) is 24.3 Å². The molecule has 0 saturated carbocycles. The van der Waals surface area contributed by atoms with Crippen LogP contribution in [0.1, 0.15) is 16.9 Å². The maximum Gasteiger partial charge on any atom is 0.326 e. The van der Waals surface area contributed by atoms with Gasteiger partial charge in [-0.05, 0) is 12.1 Å². The van der Waals surface area contributed by atoms with Gasteiger partial charge in [0, 0.05) is 30.0 Å². The molecule has 2 rings (SSSR count). The van der Waals surface area contributed by atoms with Crippen LogP contribution in [0.15, 0.2) is 35.1 Å². The molecule has 0 spiro atoms. The second-order valence-electron chi connectivity index (χ2n) is 4.47. The van der Waals surface area contributed by atoms with E-state index >= 15 is 0 Å². The number of pyridine rings is 1. The summed E-state index contributed by atoms with van der Waals surface area (Å²) in [5.41, 5.74) is 0.135. The van der Waals surface area contributed by atoms with Crippen molar-refractivity contribution in [1.82, 2.24) is 10.3 Å². The standard InChI is InChI=1S/C14H14N2O5/c17-6-5-10(14(20)21)16-13(19)11-7-12(18)8-3-1-2-4-9(8)15-11/h1-4,7,10,17H,5-6H2,(H,15,18)(H,16,19)(H,20,21)/t10-/m0/s1. The fourth-order valence-corrected chi connectivity index (χ4v) is 1.94. The predicted octanol–water partition coefficient (Wildman–Crippen LogP) is 0.0935. The summed E-state index contributed by atoms with van der Waals surface area (Å²) in [6.45, 7) is -0.370. The molecule has 0 aliphatic rings. The molecule has 0 unspecified atom stereocenters. The Hall–Kier alpha value is -2.67. The number of benzene rings is 1. The number of H-pyrrole nitrogens is 1. The van der Waals surface area contributed by atoms with Crippen LogP contribution in [-0.4, -0.2) is 39.7 Å². The molecule has 0 aliphatic carbocycles. The average molecular weight is 290 g/mol. The molecule has 21 heavy (non-hydrogen) atoms. The molecule has 7 nitrogen and oxygen atoms in total. The zero-order chi connectivity index (χ0) is 15.4. The minimum atomic E-state index is -1.25. The molecule has 0 saturated heterocycles. The van der Waals surface area contributed by atoms with Crippen LogP contribution in [0, 0.1) is 0 Å². The number of rotatable bonds is 5. The summed E-state index contributed by atoms with van der Waals surface area (Å²) in [6, 6.07) is 6.61. The van der Waals surface area contributed by atoms with Crippen molar-refractivity contribution in [2.75, 3.05) is 6.61 Å². The predicted molar refractivity (Wildman–Crippen MR) is 75.2 cm³/mol. The van der Waals surface area contributed by atoms with Crippen LogP contribution in [0.3, 0.4) is 0 Å². The quantitative estimate of drug-likeness (QED) is 0.622. The van der Waals surface area contributed by atoms with E-state index in [9.17, 15) is 14.4 Å². The number of carbonyl (C=O) groups excluding carboxylic acids is 1. The van der Waals surface area contributed by atoms with Gasteiger partial charge in [0.25, 0.3) is 5.91 Å². The second-order valence-corrected chi connectivity index (χ2v) is 4.47. The van der Waals surface area contributed by atoms with Gasteiger partial charge in [-0.2, -0.15) is 0 Å². The molecule has 7 heteroatoms. The van der Waals surface area contributed by atoms with Gasteiger partial charge < -0.3 is 20.5 Å². The number of carboxylic acids is 1. The maximum absolute atomic E-state index is 12.0. The number of aliphatic hydroxyl groups is 1. The monoisotopic (exact) mass is 290 g/mol. The fourth-order valence-electron chi connectivity index (χ4n) is 1.94. The molecule has 2 aromatic rings. The van der Waals surface area contributed by atoms with E-state index in [-0.39, 0.29) is 24.2 Å². The molecular weight excluding hydrogens is 276 g/mol. The van der Waals surface area contributed by atoms with E-state index in [4.69, 9.17) is 10.2 Å². The summed E-state index contributed by atoms with van der Waals surface area (Å²) in [4.78, 5) is 37.6. The van der Waals surface area contributed by atoms with Crippen molar-refractivity contribution in [3.63, 3.8) is 0 Å². The average Bonchev–Trinajstić information content (AvgIpc) is 2.46. The van der Waals surface area contributed by atoms with E-state index in [1.807, 2.05) is 0 Å². The van der Waals surface area contributed by atoms with Gasteiger partial charge in [0.2, 0.25) is 0 Å². The first-order chi connectivity index (χ1) is 10.0. The minimum absolute atomic E-state index is 0.0251. The van der Waals surface area contributed by atoms with Gasteiger partial charge in [-0.25, -0.2) is 4.79 Å². The highest BCUT2D eigenvalue weighted by atomic mass is 16.4. The number of aliphatic carboxylic acids is 1. The Morgan fingerprint density at radius 3 is 2.67 bits per heavy atom. The molecule has 0 bridgehead atoms. The van der Waals surface area contributed by atoms with Gasteiger partial charge in [0.05, 0.1) is 0 Å². The molecule has 0 aliphatic heterocycles. The van der Waals surface area contributed by atoms with Crippen molar-refractivity contribution in [2.24, 2.45) is 0 Å². The maximum atomic E-state index is 12.0. The van der Waals surface area contributed by atoms with Crippen molar-refractivity contribution in [3.05, 3.63) is 46.2 Å². The minimum Gasteiger partial charge on any atom is -0.480 e.